The zero-order valence-electron chi connectivity index (χ0n) is 14.0. The summed E-state index contributed by atoms with van der Waals surface area (Å²) in [5, 5.41) is 7.25. The molecule has 0 radical (unpaired) electrons. The first-order chi connectivity index (χ1) is 12.9. The van der Waals surface area contributed by atoms with E-state index in [1.54, 1.807) is 0 Å². The summed E-state index contributed by atoms with van der Waals surface area (Å²) in [6.07, 6.45) is 0. The number of para-hydroxylation sites is 2. The third-order valence-electron chi connectivity index (χ3n) is 5.22. The van der Waals surface area contributed by atoms with Crippen molar-refractivity contribution in [2.75, 3.05) is 5.32 Å². The Morgan fingerprint density at radius 2 is 1.35 bits per heavy atom. The molecule has 0 aliphatic carbocycles. The highest BCUT2D eigenvalue weighted by molar-refractivity contribution is 6.15. The number of benzene rings is 4. The topological polar surface area (TPSA) is 25.2 Å². The summed E-state index contributed by atoms with van der Waals surface area (Å²) < 4.78 is 6.36. The summed E-state index contributed by atoms with van der Waals surface area (Å²) in [5.41, 5.74) is 6.58. The fourth-order valence-corrected chi connectivity index (χ4v) is 4.06. The highest BCUT2D eigenvalue weighted by Gasteiger charge is 2.26. The van der Waals surface area contributed by atoms with Gasteiger partial charge in [-0.25, -0.2) is 0 Å². The maximum atomic E-state index is 6.36. The quantitative estimate of drug-likeness (QED) is 0.324. The third-order valence-corrected chi connectivity index (χ3v) is 5.22. The van der Waals surface area contributed by atoms with Gasteiger partial charge in [0.1, 0.15) is 11.3 Å². The van der Waals surface area contributed by atoms with E-state index >= 15 is 0 Å². The van der Waals surface area contributed by atoms with E-state index in [1.165, 1.54) is 21.9 Å². The minimum atomic E-state index is 0.924. The molecule has 0 fully saturated rings. The van der Waals surface area contributed by atoms with Gasteiger partial charge in [-0.3, -0.25) is 0 Å². The fourth-order valence-electron chi connectivity index (χ4n) is 4.06. The summed E-state index contributed by atoms with van der Waals surface area (Å²) in [7, 11) is 0. The van der Waals surface area contributed by atoms with Crippen molar-refractivity contribution in [1.29, 1.82) is 0 Å². The van der Waals surface area contributed by atoms with Crippen molar-refractivity contribution in [3.8, 4) is 22.5 Å². The number of rotatable bonds is 0. The second kappa shape index (κ2) is 4.99. The second-order valence-electron chi connectivity index (χ2n) is 6.68. The minimum Gasteiger partial charge on any atom is -0.455 e. The molecule has 0 bridgehead atoms. The van der Waals surface area contributed by atoms with Crippen LogP contribution in [0.25, 0.3) is 44.2 Å². The summed E-state index contributed by atoms with van der Waals surface area (Å²) in [6, 6.07) is 29.5. The number of furan rings is 1. The molecule has 1 aliphatic heterocycles. The normalized spacial score (nSPS) is 12.2. The van der Waals surface area contributed by atoms with Gasteiger partial charge < -0.3 is 9.73 Å². The summed E-state index contributed by atoms with van der Waals surface area (Å²) >= 11 is 0. The van der Waals surface area contributed by atoms with E-state index in [4.69, 9.17) is 4.42 Å². The molecular weight excluding hydrogens is 318 g/mol. The van der Waals surface area contributed by atoms with E-state index < -0.39 is 0 Å². The van der Waals surface area contributed by atoms with Crippen LogP contribution in [0.4, 0.5) is 11.4 Å². The number of nitrogens with one attached hydrogen (secondary N) is 1. The van der Waals surface area contributed by atoms with Gasteiger partial charge in [0.05, 0.1) is 0 Å². The van der Waals surface area contributed by atoms with Crippen molar-refractivity contribution >= 4 is 33.1 Å². The molecule has 5 aromatic rings. The molecule has 0 saturated carbocycles. The van der Waals surface area contributed by atoms with Gasteiger partial charge in [0.25, 0.3) is 0 Å². The molecule has 2 heterocycles. The van der Waals surface area contributed by atoms with Crippen molar-refractivity contribution in [2.45, 2.75) is 0 Å². The second-order valence-corrected chi connectivity index (χ2v) is 6.68. The molecule has 0 atom stereocenters. The van der Waals surface area contributed by atoms with Crippen molar-refractivity contribution < 1.29 is 4.42 Å². The van der Waals surface area contributed by atoms with E-state index in [-0.39, 0.29) is 0 Å². The molecule has 2 nitrogen and oxygen atoms in total. The van der Waals surface area contributed by atoms with Crippen LogP contribution >= 0.6 is 0 Å². The van der Waals surface area contributed by atoms with Crippen molar-refractivity contribution in [2.24, 2.45) is 0 Å². The van der Waals surface area contributed by atoms with Crippen LogP contribution in [0.2, 0.25) is 0 Å². The summed E-state index contributed by atoms with van der Waals surface area (Å²) in [4.78, 5) is 0. The first-order valence-corrected chi connectivity index (χ1v) is 8.80. The van der Waals surface area contributed by atoms with Gasteiger partial charge in [0, 0.05) is 33.5 Å². The number of fused-ring (bicyclic) bond motifs is 9. The molecule has 122 valence electrons. The SMILES string of the molecule is c1ccc2c(c1)Nc1ccc3ccccc3c1-c1c-2oc2ccccc12. The number of anilines is 2. The maximum Gasteiger partial charge on any atom is 0.145 e. The molecule has 26 heavy (non-hydrogen) atoms. The zero-order chi connectivity index (χ0) is 17.1. The van der Waals surface area contributed by atoms with Crippen LogP contribution in [0, 0.1) is 0 Å². The molecule has 1 aromatic heterocycles. The van der Waals surface area contributed by atoms with E-state index in [0.717, 1.165) is 33.7 Å². The Bertz CT molecular complexity index is 1310. The Morgan fingerprint density at radius 1 is 0.577 bits per heavy atom. The highest BCUT2D eigenvalue weighted by atomic mass is 16.3. The number of hydrogen-bond acceptors (Lipinski definition) is 2. The lowest BCUT2D eigenvalue weighted by Gasteiger charge is -2.12. The monoisotopic (exact) mass is 333 g/mol. The first kappa shape index (κ1) is 13.7. The van der Waals surface area contributed by atoms with Crippen LogP contribution in [0.3, 0.4) is 0 Å². The van der Waals surface area contributed by atoms with Gasteiger partial charge in [-0.2, -0.15) is 0 Å². The maximum absolute atomic E-state index is 6.36. The van der Waals surface area contributed by atoms with Gasteiger partial charge >= 0.3 is 0 Å². The van der Waals surface area contributed by atoms with Crippen LogP contribution in [-0.2, 0) is 0 Å². The molecule has 6 rings (SSSR count). The standard InChI is InChI=1S/C24H15NO/c1-2-8-16-15(7-1)13-14-20-22(16)23-18-10-4-6-12-21(18)26-24(23)17-9-3-5-11-19(17)25-20/h1-14,25H. The van der Waals surface area contributed by atoms with Gasteiger partial charge in [0.15, 0.2) is 0 Å². The molecule has 2 heteroatoms. The molecular formula is C24H15NO. The fraction of sp³-hybridized carbons (Fsp3) is 0. The number of hydrogen-bond donors (Lipinski definition) is 1. The van der Waals surface area contributed by atoms with E-state index in [0.29, 0.717) is 0 Å². The average molecular weight is 333 g/mol. The summed E-state index contributed by atoms with van der Waals surface area (Å²) in [5.74, 6) is 0.935. The van der Waals surface area contributed by atoms with Crippen molar-refractivity contribution in [3.05, 3.63) is 84.9 Å². The molecule has 0 amide bonds. The molecule has 1 aliphatic rings. The Morgan fingerprint density at radius 3 is 2.31 bits per heavy atom. The van der Waals surface area contributed by atoms with Gasteiger partial charge in [-0.1, -0.05) is 60.7 Å². The largest absolute Gasteiger partial charge is 0.455 e. The molecule has 1 N–H and O–H groups in total. The minimum absolute atomic E-state index is 0.924. The summed E-state index contributed by atoms with van der Waals surface area (Å²) in [6.45, 7) is 0. The van der Waals surface area contributed by atoms with E-state index in [9.17, 15) is 0 Å². The molecule has 4 aromatic carbocycles. The average Bonchev–Trinajstić information content (AvgIpc) is 3.00. The predicted octanol–water partition coefficient (Wildman–Crippen LogP) is 6.98. The zero-order valence-corrected chi connectivity index (χ0v) is 14.0. The predicted molar refractivity (Wildman–Crippen MR) is 108 cm³/mol. The van der Waals surface area contributed by atoms with Gasteiger partial charge in [-0.15, -0.1) is 0 Å². The van der Waals surface area contributed by atoms with Crippen LogP contribution in [0.5, 0.6) is 0 Å². The Hall–Kier alpha value is -3.52. The van der Waals surface area contributed by atoms with Gasteiger partial charge in [0.2, 0.25) is 0 Å². The lowest BCUT2D eigenvalue weighted by molar-refractivity contribution is 0.633. The smallest absolute Gasteiger partial charge is 0.145 e. The third kappa shape index (κ3) is 1.76. The van der Waals surface area contributed by atoms with E-state index in [1.807, 2.05) is 12.1 Å². The van der Waals surface area contributed by atoms with Crippen LogP contribution in [0.1, 0.15) is 0 Å². The first-order valence-electron chi connectivity index (χ1n) is 8.80. The van der Waals surface area contributed by atoms with Crippen LogP contribution in [-0.4, -0.2) is 0 Å². The Kier molecular flexibility index (Phi) is 2.64. The lowest BCUT2D eigenvalue weighted by atomic mass is 9.93. The van der Waals surface area contributed by atoms with Crippen LogP contribution in [0.15, 0.2) is 89.3 Å². The van der Waals surface area contributed by atoms with Crippen molar-refractivity contribution in [1.82, 2.24) is 0 Å². The van der Waals surface area contributed by atoms with Crippen LogP contribution < -0.4 is 5.32 Å². The Labute approximate surface area is 150 Å². The van der Waals surface area contributed by atoms with E-state index in [2.05, 4.69) is 78.1 Å². The molecule has 0 saturated heterocycles. The van der Waals surface area contributed by atoms with Crippen molar-refractivity contribution in [3.63, 3.8) is 0 Å². The van der Waals surface area contributed by atoms with Gasteiger partial charge in [-0.05, 0) is 35.0 Å². The highest BCUT2D eigenvalue weighted by Crippen LogP contribution is 2.50. The Balaban J connectivity index is 1.87. The molecule has 0 spiro atoms. The lowest BCUT2D eigenvalue weighted by Crippen LogP contribution is -1.92. The molecule has 0 unspecified atom stereocenters.